The second kappa shape index (κ2) is 8.81. The molecular formula is C19H25N5O5S2. The summed E-state index contributed by atoms with van der Waals surface area (Å²) in [6.07, 6.45) is 5.40. The van der Waals surface area contributed by atoms with Crippen LogP contribution in [0.2, 0.25) is 0 Å². The third-order valence-electron chi connectivity index (χ3n) is 4.92. The second-order valence-electron chi connectivity index (χ2n) is 6.87. The van der Waals surface area contributed by atoms with Crippen LogP contribution in [0.5, 0.6) is 5.75 Å². The zero-order valence-electron chi connectivity index (χ0n) is 17.7. The van der Waals surface area contributed by atoms with Crippen LogP contribution in [0.3, 0.4) is 0 Å². The molecule has 0 spiro atoms. The quantitative estimate of drug-likeness (QED) is 0.443. The van der Waals surface area contributed by atoms with E-state index < -0.39 is 26.2 Å². The van der Waals surface area contributed by atoms with Crippen LogP contribution in [0.1, 0.15) is 32.4 Å². The van der Waals surface area contributed by atoms with Gasteiger partial charge in [0.05, 0.1) is 12.4 Å². The Kier molecular flexibility index (Phi) is 6.53. The van der Waals surface area contributed by atoms with Gasteiger partial charge in [0, 0.05) is 38.6 Å². The van der Waals surface area contributed by atoms with E-state index in [0.717, 1.165) is 0 Å². The van der Waals surface area contributed by atoms with E-state index in [2.05, 4.69) is 10.2 Å². The number of aromatic nitrogens is 4. The monoisotopic (exact) mass is 467 g/mol. The Bertz CT molecular complexity index is 1260. The van der Waals surface area contributed by atoms with Gasteiger partial charge in [-0.3, -0.25) is 9.36 Å². The molecule has 0 aliphatic carbocycles. The van der Waals surface area contributed by atoms with Crippen molar-refractivity contribution in [1.82, 2.24) is 23.9 Å². The molecule has 2 heterocycles. The van der Waals surface area contributed by atoms with Gasteiger partial charge in [-0.1, -0.05) is 12.1 Å². The normalized spacial score (nSPS) is 13.5. The molecule has 2 aromatic heterocycles. The summed E-state index contributed by atoms with van der Waals surface area (Å²) in [5.41, 5.74) is 0.575. The van der Waals surface area contributed by atoms with Crippen LogP contribution in [-0.4, -0.2) is 47.7 Å². The average molecular weight is 468 g/mol. The lowest BCUT2D eigenvalue weighted by Gasteiger charge is -2.24. The summed E-state index contributed by atoms with van der Waals surface area (Å²) in [5, 5.41) is 7.98. The Morgan fingerprint density at radius 2 is 1.58 bits per heavy atom. The van der Waals surface area contributed by atoms with E-state index in [1.807, 2.05) is 13.8 Å². The molecule has 31 heavy (non-hydrogen) atoms. The van der Waals surface area contributed by atoms with E-state index in [1.165, 1.54) is 57.6 Å². The minimum atomic E-state index is -4.06. The molecule has 0 radical (unpaired) electrons. The molecule has 0 bridgehead atoms. The zero-order chi connectivity index (χ0) is 22.8. The SMILES string of the molecule is CCn1cc(S(=O)(=O)Oc2cccc([C@@H](C)N(C)S(=O)(=O)c3cnn(CC)c3)c2)cn1. The lowest BCUT2D eigenvalue weighted by molar-refractivity contribution is 0.397. The molecule has 0 unspecified atom stereocenters. The standard InChI is InChI=1S/C19H25N5O5S2/c1-5-23-13-18(11-20-23)30(25,26)22(4)15(3)16-8-7-9-17(10-16)29-31(27,28)19-12-21-24(6-2)14-19/h7-15H,5-6H2,1-4H3/t15-/m1/s1. The van der Waals surface area contributed by atoms with Crippen LogP contribution in [0.15, 0.2) is 58.8 Å². The first-order chi connectivity index (χ1) is 14.6. The fraction of sp³-hybridized carbons (Fsp3) is 0.368. The molecule has 1 atom stereocenters. The first-order valence-electron chi connectivity index (χ1n) is 9.66. The number of rotatable bonds is 9. The molecule has 0 aliphatic rings. The molecule has 0 aliphatic heterocycles. The molecule has 0 amide bonds. The molecule has 0 saturated heterocycles. The van der Waals surface area contributed by atoms with Crippen molar-refractivity contribution in [2.24, 2.45) is 0 Å². The number of nitrogens with zero attached hydrogens (tertiary/aromatic N) is 5. The van der Waals surface area contributed by atoms with Gasteiger partial charge < -0.3 is 4.18 Å². The van der Waals surface area contributed by atoms with Gasteiger partial charge in [0.1, 0.15) is 15.5 Å². The first-order valence-corrected chi connectivity index (χ1v) is 12.5. The van der Waals surface area contributed by atoms with Crippen molar-refractivity contribution >= 4 is 20.1 Å². The highest BCUT2D eigenvalue weighted by molar-refractivity contribution is 7.89. The van der Waals surface area contributed by atoms with Crippen molar-refractivity contribution < 1.29 is 21.0 Å². The predicted molar refractivity (Wildman–Crippen MR) is 113 cm³/mol. The Balaban J connectivity index is 1.83. The van der Waals surface area contributed by atoms with Crippen molar-refractivity contribution in [3.63, 3.8) is 0 Å². The van der Waals surface area contributed by atoms with Crippen molar-refractivity contribution in [3.05, 3.63) is 54.6 Å². The highest BCUT2D eigenvalue weighted by atomic mass is 32.2. The van der Waals surface area contributed by atoms with Crippen molar-refractivity contribution in [1.29, 1.82) is 0 Å². The van der Waals surface area contributed by atoms with Gasteiger partial charge in [0.15, 0.2) is 0 Å². The smallest absolute Gasteiger partial charge is 0.342 e. The summed E-state index contributed by atoms with van der Waals surface area (Å²) in [7, 11) is -6.38. The van der Waals surface area contributed by atoms with Gasteiger partial charge in [-0.25, -0.2) is 8.42 Å². The van der Waals surface area contributed by atoms with Gasteiger partial charge in [0.25, 0.3) is 0 Å². The summed E-state index contributed by atoms with van der Waals surface area (Å²) < 4.78 is 60.4. The molecule has 0 fully saturated rings. The van der Waals surface area contributed by atoms with E-state index in [9.17, 15) is 16.8 Å². The summed E-state index contributed by atoms with van der Waals surface area (Å²) >= 11 is 0. The number of aryl methyl sites for hydroxylation is 2. The third kappa shape index (κ3) is 4.81. The van der Waals surface area contributed by atoms with E-state index in [4.69, 9.17) is 4.18 Å². The van der Waals surface area contributed by atoms with Gasteiger partial charge in [-0.05, 0) is 38.5 Å². The number of hydrogen-bond donors (Lipinski definition) is 0. The Labute approximate surface area is 182 Å². The van der Waals surface area contributed by atoms with Crippen LogP contribution in [0.25, 0.3) is 0 Å². The molecule has 168 valence electrons. The van der Waals surface area contributed by atoms with E-state index in [-0.39, 0.29) is 15.5 Å². The molecule has 0 saturated carbocycles. The third-order valence-corrected chi connectivity index (χ3v) is 8.01. The summed E-state index contributed by atoms with van der Waals surface area (Å²) in [6.45, 7) is 6.50. The summed E-state index contributed by atoms with van der Waals surface area (Å²) in [5.74, 6) is 0.0817. The lowest BCUT2D eigenvalue weighted by Crippen LogP contribution is -2.29. The van der Waals surface area contributed by atoms with Crippen LogP contribution in [0, 0.1) is 0 Å². The number of hydrogen-bond acceptors (Lipinski definition) is 7. The number of benzene rings is 1. The van der Waals surface area contributed by atoms with E-state index in [0.29, 0.717) is 18.7 Å². The molecule has 10 nitrogen and oxygen atoms in total. The topological polar surface area (TPSA) is 116 Å². The minimum absolute atomic E-state index is 0.0552. The highest BCUT2D eigenvalue weighted by Crippen LogP contribution is 2.28. The van der Waals surface area contributed by atoms with Gasteiger partial charge >= 0.3 is 10.1 Å². The molecular weight excluding hydrogens is 442 g/mol. The largest absolute Gasteiger partial charge is 0.379 e. The van der Waals surface area contributed by atoms with Crippen LogP contribution in [-0.2, 0) is 33.2 Å². The summed E-state index contributed by atoms with van der Waals surface area (Å²) in [4.78, 5) is 0.0343. The fourth-order valence-corrected chi connectivity index (χ4v) is 5.07. The zero-order valence-corrected chi connectivity index (χ0v) is 19.3. The van der Waals surface area contributed by atoms with Crippen LogP contribution < -0.4 is 4.18 Å². The second-order valence-corrected chi connectivity index (χ2v) is 10.4. The van der Waals surface area contributed by atoms with Crippen LogP contribution in [0.4, 0.5) is 0 Å². The van der Waals surface area contributed by atoms with Crippen LogP contribution >= 0.6 is 0 Å². The molecule has 1 aromatic carbocycles. The fourth-order valence-electron chi connectivity index (χ4n) is 2.88. The van der Waals surface area contributed by atoms with E-state index >= 15 is 0 Å². The highest BCUT2D eigenvalue weighted by Gasteiger charge is 2.28. The van der Waals surface area contributed by atoms with Gasteiger partial charge in [0.2, 0.25) is 10.0 Å². The van der Waals surface area contributed by atoms with Crippen molar-refractivity contribution in [3.8, 4) is 5.75 Å². The Morgan fingerprint density at radius 1 is 1.00 bits per heavy atom. The molecule has 3 rings (SSSR count). The molecule has 12 heteroatoms. The first kappa shape index (κ1) is 23.0. The number of sulfonamides is 1. The minimum Gasteiger partial charge on any atom is -0.379 e. The van der Waals surface area contributed by atoms with Gasteiger partial charge in [-0.2, -0.15) is 22.9 Å². The predicted octanol–water partition coefficient (Wildman–Crippen LogP) is 2.27. The lowest BCUT2D eigenvalue weighted by atomic mass is 10.1. The molecule has 0 N–H and O–H groups in total. The van der Waals surface area contributed by atoms with E-state index in [1.54, 1.807) is 19.1 Å². The van der Waals surface area contributed by atoms with Crippen molar-refractivity contribution in [2.75, 3.05) is 7.05 Å². The average Bonchev–Trinajstić information content (AvgIpc) is 3.42. The Morgan fingerprint density at radius 3 is 2.16 bits per heavy atom. The van der Waals surface area contributed by atoms with Gasteiger partial charge in [-0.15, -0.1) is 0 Å². The molecule has 3 aromatic rings. The maximum Gasteiger partial charge on any atom is 0.342 e. The Hall–Kier alpha value is -2.70. The maximum absolute atomic E-state index is 12.9. The maximum atomic E-state index is 12.9. The van der Waals surface area contributed by atoms with Crippen molar-refractivity contribution in [2.45, 2.75) is 49.7 Å². The summed E-state index contributed by atoms with van der Waals surface area (Å²) in [6, 6.07) is 5.75.